The van der Waals surface area contributed by atoms with Gasteiger partial charge in [-0.2, -0.15) is 0 Å². The Morgan fingerprint density at radius 2 is 1.61 bits per heavy atom. The second kappa shape index (κ2) is 6.26. The van der Waals surface area contributed by atoms with Crippen LogP contribution in [-0.4, -0.2) is 41.1 Å². The van der Waals surface area contributed by atoms with Crippen LogP contribution in [-0.2, 0) is 9.57 Å². The zero-order chi connectivity index (χ0) is 13.0. The molecule has 0 aliphatic carbocycles. The zero-order valence-corrected chi connectivity index (χ0v) is 11.8. The Labute approximate surface area is 118 Å². The number of hydroxylamine groups is 2. The molecule has 0 fully saturated rings. The van der Waals surface area contributed by atoms with E-state index in [1.165, 1.54) is 0 Å². The number of rotatable bonds is 6. The molecule has 1 aromatic carbocycles. The Bertz CT molecular complexity index is 428. The van der Waals surface area contributed by atoms with Crippen molar-refractivity contribution >= 4 is 34.4 Å². The van der Waals surface area contributed by atoms with Crippen molar-refractivity contribution < 1.29 is 19.2 Å². The third-order valence-electron chi connectivity index (χ3n) is 2.43. The number of alkyl halides is 1. The molecule has 0 radical (unpaired) electrons. The maximum atomic E-state index is 11.9. The monoisotopic (exact) mass is 361 g/mol. The quantitative estimate of drug-likeness (QED) is 0.335. The third kappa shape index (κ3) is 2.70. The summed E-state index contributed by atoms with van der Waals surface area (Å²) in [6.07, 6.45) is 0. The van der Waals surface area contributed by atoms with Crippen LogP contribution < -0.4 is 0 Å². The summed E-state index contributed by atoms with van der Waals surface area (Å²) in [7, 11) is 0. The van der Waals surface area contributed by atoms with E-state index in [1.54, 1.807) is 24.3 Å². The minimum Gasteiger partial charge on any atom is -0.378 e. The molecule has 0 atom stereocenters. The molecule has 18 heavy (non-hydrogen) atoms. The summed E-state index contributed by atoms with van der Waals surface area (Å²) in [4.78, 5) is 28.9. The number of carbonyl (C=O) groups excluding carboxylic acids is 2. The number of fused-ring (bicyclic) bond motifs is 1. The molecule has 1 aromatic rings. The van der Waals surface area contributed by atoms with Crippen LogP contribution >= 0.6 is 22.6 Å². The molecule has 1 aliphatic heterocycles. The molecule has 1 aliphatic rings. The minimum atomic E-state index is -0.413. The van der Waals surface area contributed by atoms with Crippen LogP contribution in [0.5, 0.6) is 0 Å². The lowest BCUT2D eigenvalue weighted by Crippen LogP contribution is -2.31. The first kappa shape index (κ1) is 13.4. The van der Waals surface area contributed by atoms with Gasteiger partial charge in [0, 0.05) is 4.43 Å². The number of carbonyl (C=O) groups is 2. The van der Waals surface area contributed by atoms with Gasteiger partial charge in [0.25, 0.3) is 11.8 Å². The summed E-state index contributed by atoms with van der Waals surface area (Å²) in [6.45, 7) is 1.17. The Hall–Kier alpha value is -0.990. The van der Waals surface area contributed by atoms with Crippen molar-refractivity contribution in [2.75, 3.05) is 24.2 Å². The SMILES string of the molecule is O=C1c2ccccc2C(=O)N1OCCOCCI. The van der Waals surface area contributed by atoms with Gasteiger partial charge in [0.15, 0.2) is 0 Å². The summed E-state index contributed by atoms with van der Waals surface area (Å²) >= 11 is 2.20. The van der Waals surface area contributed by atoms with Crippen molar-refractivity contribution in [1.82, 2.24) is 5.06 Å². The number of imide groups is 1. The molecule has 5 nitrogen and oxygen atoms in total. The van der Waals surface area contributed by atoms with Gasteiger partial charge in [-0.15, -0.1) is 5.06 Å². The van der Waals surface area contributed by atoms with E-state index in [4.69, 9.17) is 9.57 Å². The average Bonchev–Trinajstić information content (AvgIpc) is 2.64. The average molecular weight is 361 g/mol. The van der Waals surface area contributed by atoms with Crippen LogP contribution in [0, 0.1) is 0 Å². The Morgan fingerprint density at radius 1 is 1.00 bits per heavy atom. The van der Waals surface area contributed by atoms with Gasteiger partial charge >= 0.3 is 0 Å². The first-order valence-corrected chi connectivity index (χ1v) is 7.02. The molecule has 0 N–H and O–H groups in total. The maximum Gasteiger partial charge on any atom is 0.285 e. The van der Waals surface area contributed by atoms with Crippen LogP contribution in [0.3, 0.4) is 0 Å². The highest BCUT2D eigenvalue weighted by Crippen LogP contribution is 2.22. The number of hydrogen-bond acceptors (Lipinski definition) is 4. The van der Waals surface area contributed by atoms with Crippen LogP contribution in [0.4, 0.5) is 0 Å². The zero-order valence-electron chi connectivity index (χ0n) is 9.60. The molecule has 2 rings (SSSR count). The van der Waals surface area contributed by atoms with E-state index in [9.17, 15) is 9.59 Å². The van der Waals surface area contributed by atoms with Crippen molar-refractivity contribution in [3.05, 3.63) is 35.4 Å². The first-order chi connectivity index (χ1) is 8.75. The van der Waals surface area contributed by atoms with Crippen molar-refractivity contribution in [2.45, 2.75) is 0 Å². The van der Waals surface area contributed by atoms with Crippen molar-refractivity contribution in [1.29, 1.82) is 0 Å². The molecule has 0 aromatic heterocycles. The van der Waals surface area contributed by atoms with Crippen molar-refractivity contribution in [3.63, 3.8) is 0 Å². The van der Waals surface area contributed by atoms with Crippen LogP contribution in [0.25, 0.3) is 0 Å². The van der Waals surface area contributed by atoms with Gasteiger partial charge in [-0.25, -0.2) is 0 Å². The van der Waals surface area contributed by atoms with Gasteiger partial charge < -0.3 is 4.74 Å². The number of benzene rings is 1. The van der Waals surface area contributed by atoms with Crippen LogP contribution in [0.15, 0.2) is 24.3 Å². The van der Waals surface area contributed by atoms with E-state index < -0.39 is 11.8 Å². The molecule has 0 bridgehead atoms. The highest BCUT2D eigenvalue weighted by atomic mass is 127. The summed E-state index contributed by atoms with van der Waals surface area (Å²) in [5.74, 6) is -0.825. The van der Waals surface area contributed by atoms with E-state index in [1.807, 2.05) is 0 Å². The molecular formula is C12H12INO4. The molecule has 0 saturated heterocycles. The van der Waals surface area contributed by atoms with E-state index in [0.29, 0.717) is 24.3 Å². The van der Waals surface area contributed by atoms with E-state index in [-0.39, 0.29) is 6.61 Å². The molecule has 0 spiro atoms. The second-order valence-electron chi connectivity index (χ2n) is 3.58. The fourth-order valence-corrected chi connectivity index (χ4v) is 1.94. The minimum absolute atomic E-state index is 0.183. The lowest BCUT2D eigenvalue weighted by molar-refractivity contribution is -0.105. The molecular weight excluding hydrogens is 349 g/mol. The predicted octanol–water partition coefficient (Wildman–Crippen LogP) is 1.67. The fourth-order valence-electron chi connectivity index (χ4n) is 1.63. The standard InChI is InChI=1S/C12H12INO4/c13-5-6-17-7-8-18-14-11(15)9-3-1-2-4-10(9)12(14)16/h1-4H,5-8H2. The number of nitrogens with zero attached hydrogens (tertiary/aromatic N) is 1. The van der Waals surface area contributed by atoms with Crippen LogP contribution in [0.1, 0.15) is 20.7 Å². The predicted molar refractivity (Wildman–Crippen MR) is 72.6 cm³/mol. The van der Waals surface area contributed by atoms with Gasteiger partial charge in [-0.05, 0) is 12.1 Å². The topological polar surface area (TPSA) is 55.8 Å². The summed E-state index contributed by atoms with van der Waals surface area (Å²) in [5, 5.41) is 0.804. The smallest absolute Gasteiger partial charge is 0.285 e. The van der Waals surface area contributed by atoms with Gasteiger partial charge in [-0.3, -0.25) is 14.4 Å². The second-order valence-corrected chi connectivity index (χ2v) is 4.66. The molecule has 6 heteroatoms. The van der Waals surface area contributed by atoms with Gasteiger partial charge in [0.2, 0.25) is 0 Å². The third-order valence-corrected chi connectivity index (χ3v) is 2.87. The summed E-state index contributed by atoms with van der Waals surface area (Å²) in [5.41, 5.74) is 0.770. The van der Waals surface area contributed by atoms with E-state index >= 15 is 0 Å². The van der Waals surface area contributed by atoms with E-state index in [2.05, 4.69) is 22.6 Å². The molecule has 1 heterocycles. The first-order valence-electron chi connectivity index (χ1n) is 5.50. The Balaban J connectivity index is 1.93. The number of ether oxygens (including phenoxy) is 1. The van der Waals surface area contributed by atoms with Crippen molar-refractivity contribution in [2.24, 2.45) is 0 Å². The highest BCUT2D eigenvalue weighted by Gasteiger charge is 2.36. The summed E-state index contributed by atoms with van der Waals surface area (Å²) < 4.78 is 6.10. The van der Waals surface area contributed by atoms with Gasteiger partial charge in [0.1, 0.15) is 0 Å². The number of amides is 2. The van der Waals surface area contributed by atoms with Gasteiger partial charge in [0.05, 0.1) is 30.9 Å². The highest BCUT2D eigenvalue weighted by molar-refractivity contribution is 14.1. The number of hydrogen-bond donors (Lipinski definition) is 0. The van der Waals surface area contributed by atoms with Gasteiger partial charge in [-0.1, -0.05) is 34.7 Å². The van der Waals surface area contributed by atoms with Crippen molar-refractivity contribution in [3.8, 4) is 0 Å². The Morgan fingerprint density at radius 3 is 2.17 bits per heavy atom. The fraction of sp³-hybridized carbons (Fsp3) is 0.333. The maximum absolute atomic E-state index is 11.9. The lowest BCUT2D eigenvalue weighted by Gasteiger charge is -2.13. The molecule has 0 unspecified atom stereocenters. The lowest BCUT2D eigenvalue weighted by atomic mass is 10.1. The largest absolute Gasteiger partial charge is 0.378 e. The Kier molecular flexibility index (Phi) is 4.67. The molecule has 96 valence electrons. The van der Waals surface area contributed by atoms with Crippen LogP contribution in [0.2, 0.25) is 0 Å². The molecule has 0 saturated carbocycles. The normalized spacial score (nSPS) is 14.2. The number of halogens is 1. The van der Waals surface area contributed by atoms with E-state index in [0.717, 1.165) is 9.49 Å². The molecule has 2 amide bonds. The summed E-state index contributed by atoms with van der Waals surface area (Å²) in [6, 6.07) is 6.67.